The van der Waals surface area contributed by atoms with Crippen LogP contribution in [-0.2, 0) is 4.79 Å². The van der Waals surface area contributed by atoms with Crippen LogP contribution in [0.3, 0.4) is 0 Å². The first-order chi connectivity index (χ1) is 9.17. The third kappa shape index (κ3) is 2.63. The van der Waals surface area contributed by atoms with Crippen LogP contribution in [0.25, 0.3) is 0 Å². The highest BCUT2D eigenvalue weighted by molar-refractivity contribution is 5.80. The highest BCUT2D eigenvalue weighted by Crippen LogP contribution is 2.31. The summed E-state index contributed by atoms with van der Waals surface area (Å²) in [7, 11) is 1.55. The van der Waals surface area contributed by atoms with Crippen molar-refractivity contribution in [2.45, 2.75) is 25.3 Å². The molecule has 0 saturated carbocycles. The Morgan fingerprint density at radius 3 is 2.95 bits per heavy atom. The molecule has 0 amide bonds. The SMILES string of the molecule is COc1ccc(C#N)c(N2CCCCC2C(=O)O)c1. The summed E-state index contributed by atoms with van der Waals surface area (Å²) in [5.74, 6) is -0.213. The van der Waals surface area contributed by atoms with Crippen LogP contribution in [0.2, 0.25) is 0 Å². The molecule has 0 bridgehead atoms. The van der Waals surface area contributed by atoms with E-state index in [0.717, 1.165) is 12.8 Å². The molecule has 0 spiro atoms. The van der Waals surface area contributed by atoms with E-state index in [1.807, 2.05) is 0 Å². The summed E-state index contributed by atoms with van der Waals surface area (Å²) in [6, 6.07) is 6.67. The molecule has 19 heavy (non-hydrogen) atoms. The van der Waals surface area contributed by atoms with Gasteiger partial charge in [-0.2, -0.15) is 5.26 Å². The summed E-state index contributed by atoms with van der Waals surface area (Å²) >= 11 is 0. The number of ether oxygens (including phenoxy) is 1. The molecular formula is C14H16N2O3. The zero-order valence-electron chi connectivity index (χ0n) is 10.8. The molecule has 2 rings (SSSR count). The Hall–Kier alpha value is -2.22. The van der Waals surface area contributed by atoms with Gasteiger partial charge in [0.15, 0.2) is 0 Å². The maximum absolute atomic E-state index is 11.3. The second-order valence-electron chi connectivity index (χ2n) is 4.54. The Labute approximate surface area is 112 Å². The molecule has 5 nitrogen and oxygen atoms in total. The van der Waals surface area contributed by atoms with Gasteiger partial charge in [0.1, 0.15) is 17.9 Å². The van der Waals surface area contributed by atoms with Gasteiger partial charge in [0.2, 0.25) is 0 Å². The van der Waals surface area contributed by atoms with Crippen molar-refractivity contribution in [3.05, 3.63) is 23.8 Å². The third-order valence-electron chi connectivity index (χ3n) is 3.42. The fourth-order valence-electron chi connectivity index (χ4n) is 2.45. The van der Waals surface area contributed by atoms with Gasteiger partial charge < -0.3 is 14.7 Å². The maximum atomic E-state index is 11.3. The van der Waals surface area contributed by atoms with Crippen LogP contribution < -0.4 is 9.64 Å². The van der Waals surface area contributed by atoms with Crippen LogP contribution in [0, 0.1) is 11.3 Å². The van der Waals surface area contributed by atoms with Crippen LogP contribution in [0.5, 0.6) is 5.75 Å². The van der Waals surface area contributed by atoms with E-state index in [4.69, 9.17) is 4.74 Å². The standard InChI is InChI=1S/C14H16N2O3/c1-19-11-6-5-10(9-15)13(8-11)16-7-3-2-4-12(16)14(17)18/h5-6,8,12H,2-4,7H2,1H3,(H,17,18). The van der Waals surface area contributed by atoms with Crippen molar-refractivity contribution in [2.75, 3.05) is 18.6 Å². The molecule has 1 aromatic carbocycles. The molecule has 1 N–H and O–H groups in total. The van der Waals surface area contributed by atoms with E-state index in [2.05, 4.69) is 6.07 Å². The number of anilines is 1. The lowest BCUT2D eigenvalue weighted by atomic mass is 10.00. The van der Waals surface area contributed by atoms with E-state index in [0.29, 0.717) is 30.0 Å². The van der Waals surface area contributed by atoms with Gasteiger partial charge in [-0.1, -0.05) is 0 Å². The number of carboxylic acid groups (broad SMARTS) is 1. The monoisotopic (exact) mass is 260 g/mol. The van der Waals surface area contributed by atoms with Crippen molar-refractivity contribution >= 4 is 11.7 Å². The zero-order valence-corrected chi connectivity index (χ0v) is 10.8. The second-order valence-corrected chi connectivity index (χ2v) is 4.54. The molecule has 5 heteroatoms. The smallest absolute Gasteiger partial charge is 0.326 e. The van der Waals surface area contributed by atoms with Crippen molar-refractivity contribution in [1.29, 1.82) is 5.26 Å². The number of carboxylic acids is 1. The first kappa shape index (κ1) is 13.2. The number of rotatable bonds is 3. The van der Waals surface area contributed by atoms with Crippen molar-refractivity contribution in [1.82, 2.24) is 0 Å². The van der Waals surface area contributed by atoms with E-state index in [9.17, 15) is 15.2 Å². The van der Waals surface area contributed by atoms with Crippen LogP contribution in [0.1, 0.15) is 24.8 Å². The van der Waals surface area contributed by atoms with Gasteiger partial charge in [-0.05, 0) is 31.4 Å². The van der Waals surface area contributed by atoms with Gasteiger partial charge in [-0.25, -0.2) is 4.79 Å². The number of nitrogens with zero attached hydrogens (tertiary/aromatic N) is 2. The number of hydrogen-bond acceptors (Lipinski definition) is 4. The van der Waals surface area contributed by atoms with Crippen LogP contribution in [0.15, 0.2) is 18.2 Å². The summed E-state index contributed by atoms with van der Waals surface area (Å²) < 4.78 is 5.16. The number of aliphatic carboxylic acids is 1. The van der Waals surface area contributed by atoms with Crippen LogP contribution in [-0.4, -0.2) is 30.8 Å². The summed E-state index contributed by atoms with van der Waals surface area (Å²) in [4.78, 5) is 13.1. The molecule has 0 aliphatic carbocycles. The Morgan fingerprint density at radius 2 is 2.32 bits per heavy atom. The lowest BCUT2D eigenvalue weighted by Gasteiger charge is -2.35. The summed E-state index contributed by atoms with van der Waals surface area (Å²) in [5.41, 5.74) is 1.13. The van der Waals surface area contributed by atoms with Crippen molar-refractivity contribution in [3.63, 3.8) is 0 Å². The quantitative estimate of drug-likeness (QED) is 0.899. The number of piperidine rings is 1. The zero-order chi connectivity index (χ0) is 13.8. The Bertz CT molecular complexity index is 522. The molecule has 0 aromatic heterocycles. The minimum absolute atomic E-state index is 0.481. The van der Waals surface area contributed by atoms with E-state index < -0.39 is 12.0 Å². The lowest BCUT2D eigenvalue weighted by Crippen LogP contribution is -2.45. The van der Waals surface area contributed by atoms with Gasteiger partial charge in [0, 0.05) is 12.6 Å². The fraction of sp³-hybridized carbons (Fsp3) is 0.429. The first-order valence-corrected chi connectivity index (χ1v) is 6.25. The van der Waals surface area contributed by atoms with Crippen molar-refractivity contribution in [2.24, 2.45) is 0 Å². The number of methoxy groups -OCH3 is 1. The largest absolute Gasteiger partial charge is 0.497 e. The van der Waals surface area contributed by atoms with E-state index >= 15 is 0 Å². The molecule has 1 aliphatic heterocycles. The van der Waals surface area contributed by atoms with Crippen molar-refractivity contribution in [3.8, 4) is 11.8 Å². The van der Waals surface area contributed by atoms with E-state index in [1.54, 1.807) is 30.2 Å². The van der Waals surface area contributed by atoms with Crippen molar-refractivity contribution < 1.29 is 14.6 Å². The molecule has 0 radical (unpaired) electrons. The Kier molecular flexibility index (Phi) is 3.91. The van der Waals surface area contributed by atoms with Gasteiger partial charge in [-0.3, -0.25) is 0 Å². The number of carbonyl (C=O) groups is 1. The number of hydrogen-bond donors (Lipinski definition) is 1. The Balaban J connectivity index is 2.43. The molecule has 1 heterocycles. The molecule has 1 atom stereocenters. The summed E-state index contributed by atoms with van der Waals surface area (Å²) in [6.07, 6.45) is 2.45. The van der Waals surface area contributed by atoms with Gasteiger partial charge in [0.25, 0.3) is 0 Å². The van der Waals surface area contributed by atoms with E-state index in [1.165, 1.54) is 0 Å². The molecule has 100 valence electrons. The minimum Gasteiger partial charge on any atom is -0.497 e. The van der Waals surface area contributed by atoms with Gasteiger partial charge in [0.05, 0.1) is 18.4 Å². The predicted octanol–water partition coefficient (Wildman–Crippen LogP) is 2.01. The highest BCUT2D eigenvalue weighted by atomic mass is 16.5. The van der Waals surface area contributed by atoms with Gasteiger partial charge >= 0.3 is 5.97 Å². The molecular weight excluding hydrogens is 244 g/mol. The predicted molar refractivity (Wildman–Crippen MR) is 70.3 cm³/mol. The lowest BCUT2D eigenvalue weighted by molar-refractivity contribution is -0.139. The molecule has 1 unspecified atom stereocenters. The molecule has 1 fully saturated rings. The summed E-state index contributed by atoms with van der Waals surface area (Å²) in [5, 5.41) is 18.5. The van der Waals surface area contributed by atoms with Crippen LogP contribution in [0.4, 0.5) is 5.69 Å². The minimum atomic E-state index is -0.841. The normalized spacial score (nSPS) is 18.7. The highest BCUT2D eigenvalue weighted by Gasteiger charge is 2.30. The van der Waals surface area contributed by atoms with Crippen LogP contribution >= 0.6 is 0 Å². The summed E-state index contributed by atoms with van der Waals surface area (Å²) in [6.45, 7) is 0.652. The third-order valence-corrected chi connectivity index (χ3v) is 3.42. The second kappa shape index (κ2) is 5.61. The van der Waals surface area contributed by atoms with Gasteiger partial charge in [-0.15, -0.1) is 0 Å². The topological polar surface area (TPSA) is 73.6 Å². The number of benzene rings is 1. The Morgan fingerprint density at radius 1 is 1.53 bits per heavy atom. The number of nitriles is 1. The molecule has 1 saturated heterocycles. The average molecular weight is 260 g/mol. The molecule has 1 aliphatic rings. The maximum Gasteiger partial charge on any atom is 0.326 e. The molecule has 1 aromatic rings. The average Bonchev–Trinajstić information content (AvgIpc) is 2.46. The first-order valence-electron chi connectivity index (χ1n) is 6.25. The van der Waals surface area contributed by atoms with E-state index in [-0.39, 0.29) is 0 Å². The fourth-order valence-corrected chi connectivity index (χ4v) is 2.45.